The summed E-state index contributed by atoms with van der Waals surface area (Å²) in [5.41, 5.74) is 2.58. The SMILES string of the molecule is COc1ccc(NC(=O)C(c2cccc(C)c2C)N(C(=O)C(CCSC)NC(=O)OC(C)(C)C)C(C)CCC(C)C)cc1. The molecule has 2 N–H and O–H groups in total. The highest BCUT2D eigenvalue weighted by atomic mass is 32.2. The van der Waals surface area contributed by atoms with Crippen molar-refractivity contribution in [1.82, 2.24) is 10.2 Å². The van der Waals surface area contributed by atoms with Crippen LogP contribution in [-0.4, -0.2) is 59.6 Å². The second kappa shape index (κ2) is 16.6. The number of nitrogens with zero attached hydrogens (tertiary/aromatic N) is 1. The highest BCUT2D eigenvalue weighted by Crippen LogP contribution is 2.32. The fraction of sp³-hybridized carbons (Fsp3) is 0.559. The first kappa shape index (κ1) is 36.0. The number of ether oxygens (including phenoxy) is 2. The Kier molecular flexibility index (Phi) is 13.9. The topological polar surface area (TPSA) is 97.0 Å². The van der Waals surface area contributed by atoms with Crippen molar-refractivity contribution in [3.63, 3.8) is 0 Å². The number of carbonyl (C=O) groups is 3. The van der Waals surface area contributed by atoms with Gasteiger partial charge in [-0.2, -0.15) is 11.8 Å². The van der Waals surface area contributed by atoms with E-state index in [2.05, 4.69) is 24.5 Å². The molecule has 8 nitrogen and oxygen atoms in total. The number of rotatable bonds is 14. The van der Waals surface area contributed by atoms with Gasteiger partial charge in [-0.25, -0.2) is 4.79 Å². The first-order valence-electron chi connectivity index (χ1n) is 15.0. The molecule has 0 saturated carbocycles. The number of methoxy groups -OCH3 is 1. The van der Waals surface area contributed by atoms with Crippen LogP contribution in [0.1, 0.15) is 83.5 Å². The minimum Gasteiger partial charge on any atom is -0.497 e. The molecule has 0 heterocycles. The molecule has 0 radical (unpaired) electrons. The van der Waals surface area contributed by atoms with Gasteiger partial charge in [0, 0.05) is 11.7 Å². The number of anilines is 1. The quantitative estimate of drug-likeness (QED) is 0.232. The minimum absolute atomic E-state index is 0.293. The number of hydrogen-bond acceptors (Lipinski definition) is 6. The molecule has 0 saturated heterocycles. The summed E-state index contributed by atoms with van der Waals surface area (Å²) in [5, 5.41) is 5.87. The van der Waals surface area contributed by atoms with Crippen LogP contribution in [0.2, 0.25) is 0 Å². The van der Waals surface area contributed by atoms with Crippen LogP contribution in [0.4, 0.5) is 10.5 Å². The summed E-state index contributed by atoms with van der Waals surface area (Å²) in [6, 6.07) is 10.8. The Morgan fingerprint density at radius 1 is 0.953 bits per heavy atom. The van der Waals surface area contributed by atoms with E-state index in [0.717, 1.165) is 23.1 Å². The molecule has 3 unspecified atom stereocenters. The van der Waals surface area contributed by atoms with Crippen molar-refractivity contribution >= 4 is 35.4 Å². The maximum atomic E-state index is 14.6. The predicted molar refractivity (Wildman–Crippen MR) is 177 cm³/mol. The Bertz CT molecular complexity index is 1210. The van der Waals surface area contributed by atoms with E-state index in [0.29, 0.717) is 35.9 Å². The second-order valence-corrected chi connectivity index (χ2v) is 13.4. The van der Waals surface area contributed by atoms with Crippen molar-refractivity contribution in [3.8, 4) is 5.75 Å². The molecule has 2 rings (SSSR count). The molecule has 2 aromatic carbocycles. The van der Waals surface area contributed by atoms with Crippen molar-refractivity contribution in [3.05, 3.63) is 59.2 Å². The van der Waals surface area contributed by atoms with Crippen molar-refractivity contribution < 1.29 is 23.9 Å². The van der Waals surface area contributed by atoms with Crippen LogP contribution in [0.5, 0.6) is 5.75 Å². The molecule has 0 aromatic heterocycles. The Balaban J connectivity index is 2.66. The van der Waals surface area contributed by atoms with Gasteiger partial charge in [-0.1, -0.05) is 32.0 Å². The van der Waals surface area contributed by atoms with E-state index < -0.39 is 23.8 Å². The number of benzene rings is 2. The van der Waals surface area contributed by atoms with Gasteiger partial charge in [-0.15, -0.1) is 0 Å². The number of alkyl carbamates (subject to hydrolysis) is 1. The molecule has 3 amide bonds. The third kappa shape index (κ3) is 11.1. The van der Waals surface area contributed by atoms with Gasteiger partial charge in [-0.3, -0.25) is 9.59 Å². The van der Waals surface area contributed by atoms with Crippen molar-refractivity contribution in [2.24, 2.45) is 5.92 Å². The van der Waals surface area contributed by atoms with E-state index >= 15 is 0 Å². The average Bonchev–Trinajstić information content (AvgIpc) is 2.93. The molecule has 0 fully saturated rings. The number of nitrogens with one attached hydrogen (secondary N) is 2. The minimum atomic E-state index is -0.936. The van der Waals surface area contributed by atoms with Crippen LogP contribution in [0.3, 0.4) is 0 Å². The summed E-state index contributed by atoms with van der Waals surface area (Å²) >= 11 is 1.59. The van der Waals surface area contributed by atoms with E-state index in [1.807, 2.05) is 45.2 Å². The number of hydrogen-bond donors (Lipinski definition) is 2. The fourth-order valence-corrected chi connectivity index (χ4v) is 5.28. The van der Waals surface area contributed by atoms with Crippen LogP contribution in [0.15, 0.2) is 42.5 Å². The average molecular weight is 614 g/mol. The third-order valence-electron chi connectivity index (χ3n) is 7.32. The van der Waals surface area contributed by atoms with Gasteiger partial charge in [-0.05, 0) is 120 Å². The van der Waals surface area contributed by atoms with Gasteiger partial charge in [0.15, 0.2) is 0 Å². The zero-order valence-electron chi connectivity index (χ0n) is 27.6. The van der Waals surface area contributed by atoms with E-state index in [1.165, 1.54) is 0 Å². The Labute approximate surface area is 262 Å². The van der Waals surface area contributed by atoms with Gasteiger partial charge in [0.1, 0.15) is 23.4 Å². The number of carbonyl (C=O) groups excluding carboxylic acids is 3. The maximum Gasteiger partial charge on any atom is 0.408 e. The van der Waals surface area contributed by atoms with Gasteiger partial charge in [0.2, 0.25) is 5.91 Å². The monoisotopic (exact) mass is 613 g/mol. The van der Waals surface area contributed by atoms with Crippen LogP contribution in [-0.2, 0) is 14.3 Å². The molecule has 3 atom stereocenters. The molecule has 0 aliphatic heterocycles. The van der Waals surface area contributed by atoms with E-state index in [4.69, 9.17) is 9.47 Å². The third-order valence-corrected chi connectivity index (χ3v) is 7.96. The first-order chi connectivity index (χ1) is 20.2. The van der Waals surface area contributed by atoms with E-state index in [9.17, 15) is 14.4 Å². The van der Waals surface area contributed by atoms with E-state index in [-0.39, 0.29) is 17.9 Å². The lowest BCUT2D eigenvalue weighted by molar-refractivity contribution is -0.143. The summed E-state index contributed by atoms with van der Waals surface area (Å²) in [6.45, 7) is 15.6. The zero-order valence-corrected chi connectivity index (χ0v) is 28.4. The second-order valence-electron chi connectivity index (χ2n) is 12.5. The molecule has 2 aromatic rings. The normalized spacial score (nSPS) is 13.6. The van der Waals surface area contributed by atoms with Gasteiger partial charge < -0.3 is 25.0 Å². The molecule has 0 spiro atoms. The summed E-state index contributed by atoms with van der Waals surface area (Å²) in [4.78, 5) is 43.5. The maximum absolute atomic E-state index is 14.6. The first-order valence-corrected chi connectivity index (χ1v) is 16.4. The largest absolute Gasteiger partial charge is 0.497 e. The Morgan fingerprint density at radius 3 is 2.16 bits per heavy atom. The molecule has 0 bridgehead atoms. The van der Waals surface area contributed by atoms with E-state index in [1.54, 1.807) is 68.8 Å². The predicted octanol–water partition coefficient (Wildman–Crippen LogP) is 7.29. The molecule has 238 valence electrons. The van der Waals surface area contributed by atoms with Crippen molar-refractivity contribution in [2.75, 3.05) is 24.4 Å². The van der Waals surface area contributed by atoms with Crippen molar-refractivity contribution in [1.29, 1.82) is 0 Å². The summed E-state index contributed by atoms with van der Waals surface area (Å²) in [6.07, 6.45) is 3.26. The molecule has 0 aliphatic rings. The lowest BCUT2D eigenvalue weighted by Gasteiger charge is -2.39. The van der Waals surface area contributed by atoms with Crippen molar-refractivity contribution in [2.45, 2.75) is 98.4 Å². The Hall–Kier alpha value is -3.20. The highest BCUT2D eigenvalue weighted by molar-refractivity contribution is 7.98. The van der Waals surface area contributed by atoms with Crippen LogP contribution < -0.4 is 15.4 Å². The number of thioether (sulfide) groups is 1. The molecule has 0 aliphatic carbocycles. The molecule has 9 heteroatoms. The number of aryl methyl sites for hydroxylation is 1. The molecule has 43 heavy (non-hydrogen) atoms. The standard InChI is InChI=1S/C34H51N3O5S/c1-22(2)14-15-24(4)37(32(39)29(20-21-43-10)36-33(40)42-34(6,7)8)30(28-13-11-12-23(3)25(28)5)31(38)35-26-16-18-27(41-9)19-17-26/h11-13,16-19,22,24,29-30H,14-15,20-21H2,1-10H3,(H,35,38)(H,36,40). The van der Waals surface area contributed by atoms with Crippen LogP contribution >= 0.6 is 11.8 Å². The summed E-state index contributed by atoms with van der Waals surface area (Å²) in [7, 11) is 1.59. The van der Waals surface area contributed by atoms with Gasteiger partial charge in [0.25, 0.3) is 5.91 Å². The lowest BCUT2D eigenvalue weighted by atomic mass is 9.92. The Morgan fingerprint density at radius 2 is 1.60 bits per heavy atom. The zero-order chi connectivity index (χ0) is 32.3. The fourth-order valence-electron chi connectivity index (χ4n) is 4.81. The smallest absolute Gasteiger partial charge is 0.408 e. The summed E-state index contributed by atoms with van der Waals surface area (Å²) in [5.74, 6) is 1.09. The summed E-state index contributed by atoms with van der Waals surface area (Å²) < 4.78 is 10.8. The highest BCUT2D eigenvalue weighted by Gasteiger charge is 2.39. The molecular formula is C34H51N3O5S. The van der Waals surface area contributed by atoms with Gasteiger partial charge in [0.05, 0.1) is 7.11 Å². The number of amides is 3. The van der Waals surface area contributed by atoms with Crippen LogP contribution in [0.25, 0.3) is 0 Å². The lowest BCUT2D eigenvalue weighted by Crippen LogP contribution is -2.55. The molecular weight excluding hydrogens is 562 g/mol. The van der Waals surface area contributed by atoms with Gasteiger partial charge >= 0.3 is 6.09 Å². The van der Waals surface area contributed by atoms with Crippen LogP contribution in [0, 0.1) is 19.8 Å².